The van der Waals surface area contributed by atoms with Gasteiger partial charge in [0.15, 0.2) is 5.15 Å². The summed E-state index contributed by atoms with van der Waals surface area (Å²) in [5, 5.41) is 3.81. The van der Waals surface area contributed by atoms with Gasteiger partial charge in [0.1, 0.15) is 6.54 Å². The average molecular weight is 297 g/mol. The van der Waals surface area contributed by atoms with Gasteiger partial charge in [-0.25, -0.2) is 4.68 Å². The predicted octanol–water partition coefficient (Wildman–Crippen LogP) is 3.27. The fourth-order valence-electron chi connectivity index (χ4n) is 1.49. The van der Waals surface area contributed by atoms with Gasteiger partial charge in [-0.15, -0.1) is 0 Å². The summed E-state index contributed by atoms with van der Waals surface area (Å²) in [6, 6.07) is 4.10. The zero-order chi connectivity index (χ0) is 13.5. The van der Waals surface area contributed by atoms with Gasteiger partial charge in [0.2, 0.25) is 0 Å². The third kappa shape index (κ3) is 2.59. The van der Waals surface area contributed by atoms with Gasteiger partial charge in [-0.2, -0.15) is 18.3 Å². The van der Waals surface area contributed by atoms with E-state index in [4.69, 9.17) is 23.2 Å². The van der Waals surface area contributed by atoms with Crippen LogP contribution in [-0.4, -0.2) is 16.0 Å². The second kappa shape index (κ2) is 4.44. The van der Waals surface area contributed by atoms with E-state index in [1.807, 2.05) is 0 Å². The van der Waals surface area contributed by atoms with Gasteiger partial charge in [0, 0.05) is 10.4 Å². The zero-order valence-corrected chi connectivity index (χ0v) is 10.1. The molecule has 0 atom stereocenters. The maximum Gasteiger partial charge on any atom is 0.408 e. The minimum absolute atomic E-state index is 0.0450. The first kappa shape index (κ1) is 13.2. The highest BCUT2D eigenvalue weighted by Crippen LogP contribution is 2.23. The van der Waals surface area contributed by atoms with Crippen molar-refractivity contribution in [3.05, 3.63) is 38.7 Å². The summed E-state index contributed by atoms with van der Waals surface area (Å²) in [7, 11) is 0. The monoisotopic (exact) mass is 296 g/mol. The molecule has 2 aromatic rings. The molecule has 0 radical (unpaired) electrons. The van der Waals surface area contributed by atoms with E-state index in [0.29, 0.717) is 9.70 Å². The number of aromatic nitrogens is 2. The topological polar surface area (TPSA) is 34.9 Å². The van der Waals surface area contributed by atoms with E-state index in [1.54, 1.807) is 0 Å². The standard InChI is InChI=1S/C10H5Cl2F3N2O/c11-5-1-2-6-7(3-5)8(12)16-17(9(6)18)4-10(13,14)15/h1-3H,4H2. The number of fused-ring (bicyclic) bond motifs is 1. The van der Waals surface area contributed by atoms with E-state index in [2.05, 4.69) is 5.10 Å². The summed E-state index contributed by atoms with van der Waals surface area (Å²) in [4.78, 5) is 11.8. The van der Waals surface area contributed by atoms with Crippen LogP contribution in [0.1, 0.15) is 0 Å². The lowest BCUT2D eigenvalue weighted by Gasteiger charge is -2.10. The number of halogens is 5. The Bertz CT molecular complexity index is 666. The molecule has 18 heavy (non-hydrogen) atoms. The van der Waals surface area contributed by atoms with Gasteiger partial charge in [-0.1, -0.05) is 23.2 Å². The smallest absolute Gasteiger partial charge is 0.267 e. The molecule has 0 bridgehead atoms. The predicted molar refractivity (Wildman–Crippen MR) is 62.1 cm³/mol. The highest BCUT2D eigenvalue weighted by Gasteiger charge is 2.29. The van der Waals surface area contributed by atoms with Crippen LogP contribution >= 0.6 is 23.2 Å². The summed E-state index contributed by atoms with van der Waals surface area (Å²) in [6.07, 6.45) is -4.54. The maximum atomic E-state index is 12.3. The minimum atomic E-state index is -4.54. The second-order valence-electron chi connectivity index (χ2n) is 3.56. The lowest BCUT2D eigenvalue weighted by molar-refractivity contribution is -0.143. The molecule has 0 aliphatic heterocycles. The molecule has 0 saturated carbocycles. The minimum Gasteiger partial charge on any atom is -0.267 e. The van der Waals surface area contributed by atoms with Crippen LogP contribution in [0.15, 0.2) is 23.0 Å². The average Bonchev–Trinajstić information content (AvgIpc) is 2.23. The Balaban J connectivity index is 2.70. The van der Waals surface area contributed by atoms with E-state index >= 15 is 0 Å². The SMILES string of the molecule is O=c1c2ccc(Cl)cc2c(Cl)nn1CC(F)(F)F. The fraction of sp³-hybridized carbons (Fsp3) is 0.200. The van der Waals surface area contributed by atoms with Crippen molar-refractivity contribution in [2.45, 2.75) is 12.7 Å². The van der Waals surface area contributed by atoms with Crippen LogP contribution in [0.3, 0.4) is 0 Å². The van der Waals surface area contributed by atoms with Gasteiger partial charge in [-0.3, -0.25) is 4.79 Å². The third-order valence-corrected chi connectivity index (χ3v) is 2.72. The van der Waals surface area contributed by atoms with Gasteiger partial charge in [-0.05, 0) is 18.2 Å². The molecule has 0 aliphatic carbocycles. The van der Waals surface area contributed by atoms with Crippen molar-refractivity contribution >= 4 is 34.0 Å². The number of hydrogen-bond acceptors (Lipinski definition) is 2. The summed E-state index contributed by atoms with van der Waals surface area (Å²) in [5.41, 5.74) is -0.858. The Kier molecular flexibility index (Phi) is 3.25. The Morgan fingerprint density at radius 2 is 1.89 bits per heavy atom. The summed E-state index contributed by atoms with van der Waals surface area (Å²) < 4.78 is 37.1. The molecular weight excluding hydrogens is 292 g/mol. The van der Waals surface area contributed by atoms with Crippen LogP contribution in [0.25, 0.3) is 10.8 Å². The van der Waals surface area contributed by atoms with Crippen molar-refractivity contribution in [3.8, 4) is 0 Å². The fourth-order valence-corrected chi connectivity index (χ4v) is 1.91. The first-order valence-corrected chi connectivity index (χ1v) is 5.46. The first-order chi connectivity index (χ1) is 8.28. The van der Waals surface area contributed by atoms with E-state index in [-0.39, 0.29) is 15.9 Å². The quantitative estimate of drug-likeness (QED) is 0.809. The van der Waals surface area contributed by atoms with E-state index in [0.717, 1.165) is 0 Å². The zero-order valence-electron chi connectivity index (χ0n) is 8.63. The van der Waals surface area contributed by atoms with E-state index < -0.39 is 18.3 Å². The second-order valence-corrected chi connectivity index (χ2v) is 4.35. The van der Waals surface area contributed by atoms with Gasteiger partial charge in [0.05, 0.1) is 5.39 Å². The molecule has 0 saturated heterocycles. The molecule has 3 nitrogen and oxygen atoms in total. The lowest BCUT2D eigenvalue weighted by atomic mass is 10.2. The molecule has 0 amide bonds. The number of alkyl halides is 3. The van der Waals surface area contributed by atoms with Gasteiger partial charge in [0.25, 0.3) is 5.56 Å². The lowest BCUT2D eigenvalue weighted by Crippen LogP contribution is -2.30. The first-order valence-electron chi connectivity index (χ1n) is 4.70. The maximum absolute atomic E-state index is 12.3. The Labute approximate surface area is 109 Å². The molecule has 1 aromatic carbocycles. The van der Waals surface area contributed by atoms with E-state index in [1.165, 1.54) is 18.2 Å². The van der Waals surface area contributed by atoms with Gasteiger partial charge < -0.3 is 0 Å². The van der Waals surface area contributed by atoms with Crippen LogP contribution in [-0.2, 0) is 6.54 Å². The van der Waals surface area contributed by atoms with Crippen LogP contribution < -0.4 is 5.56 Å². The van der Waals surface area contributed by atoms with Crippen LogP contribution in [0.2, 0.25) is 10.2 Å². The van der Waals surface area contributed by atoms with Crippen LogP contribution in [0, 0.1) is 0 Å². The number of hydrogen-bond donors (Lipinski definition) is 0. The van der Waals surface area contributed by atoms with Crippen LogP contribution in [0.4, 0.5) is 13.2 Å². The summed E-state index contributed by atoms with van der Waals surface area (Å²) in [6.45, 7) is -1.48. The van der Waals surface area contributed by atoms with Crippen molar-refractivity contribution in [2.24, 2.45) is 0 Å². The number of rotatable bonds is 1. The molecule has 0 N–H and O–H groups in total. The molecule has 0 fully saturated rings. The number of nitrogens with zero attached hydrogens (tertiary/aromatic N) is 2. The van der Waals surface area contributed by atoms with Crippen molar-refractivity contribution in [2.75, 3.05) is 0 Å². The Hall–Kier alpha value is -1.27. The highest BCUT2D eigenvalue weighted by molar-refractivity contribution is 6.35. The molecule has 0 spiro atoms. The Morgan fingerprint density at radius 3 is 2.50 bits per heavy atom. The largest absolute Gasteiger partial charge is 0.408 e. The molecule has 0 unspecified atom stereocenters. The Morgan fingerprint density at radius 1 is 1.22 bits per heavy atom. The van der Waals surface area contributed by atoms with E-state index in [9.17, 15) is 18.0 Å². The molecular formula is C10H5Cl2F3N2O. The van der Waals surface area contributed by atoms with Crippen molar-refractivity contribution in [3.63, 3.8) is 0 Å². The molecule has 1 aromatic heterocycles. The van der Waals surface area contributed by atoms with Crippen molar-refractivity contribution in [1.82, 2.24) is 9.78 Å². The molecule has 2 rings (SSSR count). The highest BCUT2D eigenvalue weighted by atomic mass is 35.5. The molecule has 96 valence electrons. The van der Waals surface area contributed by atoms with Gasteiger partial charge >= 0.3 is 6.18 Å². The van der Waals surface area contributed by atoms with Crippen molar-refractivity contribution in [1.29, 1.82) is 0 Å². The summed E-state index contributed by atoms with van der Waals surface area (Å²) in [5.74, 6) is 0. The summed E-state index contributed by atoms with van der Waals surface area (Å²) >= 11 is 11.5. The molecule has 0 aliphatic rings. The number of benzene rings is 1. The van der Waals surface area contributed by atoms with Crippen molar-refractivity contribution < 1.29 is 13.2 Å². The third-order valence-electron chi connectivity index (χ3n) is 2.21. The molecule has 8 heteroatoms. The molecule has 1 heterocycles. The van der Waals surface area contributed by atoms with Crippen LogP contribution in [0.5, 0.6) is 0 Å². The normalized spacial score (nSPS) is 12.1.